The number of fused-ring (bicyclic) bond motifs is 1. The van der Waals surface area contributed by atoms with E-state index in [-0.39, 0.29) is 0 Å². The summed E-state index contributed by atoms with van der Waals surface area (Å²) in [6, 6.07) is 5.80. The highest BCUT2D eigenvalue weighted by atomic mass is 35.5. The van der Waals surface area contributed by atoms with Gasteiger partial charge in [0, 0.05) is 29.9 Å². The number of anilines is 1. The van der Waals surface area contributed by atoms with Crippen molar-refractivity contribution in [3.8, 4) is 0 Å². The molecule has 1 aromatic heterocycles. The van der Waals surface area contributed by atoms with E-state index in [1.165, 1.54) is 0 Å². The van der Waals surface area contributed by atoms with Crippen molar-refractivity contribution in [1.82, 2.24) is 9.97 Å². The summed E-state index contributed by atoms with van der Waals surface area (Å²) in [5.74, 6) is 1.86. The van der Waals surface area contributed by atoms with Crippen molar-refractivity contribution >= 4 is 28.3 Å². The second-order valence-corrected chi connectivity index (χ2v) is 5.01. The third-order valence-corrected chi connectivity index (χ3v) is 3.55. The second kappa shape index (κ2) is 5.31. The van der Waals surface area contributed by atoms with Crippen LogP contribution >= 0.6 is 11.6 Å². The molecule has 4 nitrogen and oxygen atoms in total. The largest absolute Gasteiger partial charge is 0.378 e. The third kappa shape index (κ3) is 2.51. The molecule has 0 atom stereocenters. The van der Waals surface area contributed by atoms with Gasteiger partial charge in [-0.3, -0.25) is 0 Å². The molecule has 100 valence electrons. The first kappa shape index (κ1) is 12.6. The molecule has 0 saturated carbocycles. The van der Waals surface area contributed by atoms with Gasteiger partial charge in [0.2, 0.25) is 0 Å². The number of aromatic nitrogens is 2. The molecular formula is C14H16ClN3O. The summed E-state index contributed by atoms with van der Waals surface area (Å²) in [7, 11) is 0. The van der Waals surface area contributed by atoms with Crippen LogP contribution in [-0.2, 0) is 11.2 Å². The van der Waals surface area contributed by atoms with E-state index >= 15 is 0 Å². The van der Waals surface area contributed by atoms with Crippen LogP contribution in [0.1, 0.15) is 12.7 Å². The molecule has 1 aliphatic heterocycles. The van der Waals surface area contributed by atoms with Crippen LogP contribution < -0.4 is 4.90 Å². The first-order valence-electron chi connectivity index (χ1n) is 6.57. The summed E-state index contributed by atoms with van der Waals surface area (Å²) >= 11 is 6.06. The molecule has 0 spiro atoms. The zero-order chi connectivity index (χ0) is 13.2. The number of nitrogens with zero attached hydrogens (tertiary/aromatic N) is 3. The lowest BCUT2D eigenvalue weighted by molar-refractivity contribution is 0.122. The highest BCUT2D eigenvalue weighted by Crippen LogP contribution is 2.27. The van der Waals surface area contributed by atoms with E-state index in [9.17, 15) is 0 Å². The smallest absolute Gasteiger partial charge is 0.140 e. The van der Waals surface area contributed by atoms with Crippen LogP contribution in [0.25, 0.3) is 10.9 Å². The monoisotopic (exact) mass is 277 g/mol. The van der Waals surface area contributed by atoms with Crippen LogP contribution in [0.4, 0.5) is 5.82 Å². The maximum atomic E-state index is 6.06. The zero-order valence-electron chi connectivity index (χ0n) is 10.9. The minimum atomic E-state index is 0.709. The average molecular weight is 278 g/mol. The lowest BCUT2D eigenvalue weighted by Crippen LogP contribution is -2.37. The van der Waals surface area contributed by atoms with Gasteiger partial charge >= 0.3 is 0 Å². The standard InChI is InChI=1S/C14H16ClN3O/c1-2-13-16-12-9-10(15)3-4-11(12)14(17-13)18-5-7-19-8-6-18/h3-4,9H,2,5-8H2,1H3. The fourth-order valence-electron chi connectivity index (χ4n) is 2.31. The Bertz CT molecular complexity index is 597. The van der Waals surface area contributed by atoms with Crippen molar-refractivity contribution in [1.29, 1.82) is 0 Å². The molecule has 1 aromatic carbocycles. The Kier molecular flexibility index (Phi) is 3.53. The van der Waals surface area contributed by atoms with Gasteiger partial charge in [0.05, 0.1) is 18.7 Å². The summed E-state index contributed by atoms with van der Waals surface area (Å²) in [5.41, 5.74) is 0.917. The van der Waals surface area contributed by atoms with Crippen LogP contribution in [0, 0.1) is 0 Å². The van der Waals surface area contributed by atoms with Crippen LogP contribution in [0.15, 0.2) is 18.2 Å². The average Bonchev–Trinajstić information content (AvgIpc) is 2.46. The minimum absolute atomic E-state index is 0.709. The Morgan fingerprint density at radius 1 is 1.26 bits per heavy atom. The molecule has 0 bridgehead atoms. The number of morpholine rings is 1. The second-order valence-electron chi connectivity index (χ2n) is 4.58. The molecule has 1 saturated heterocycles. The maximum Gasteiger partial charge on any atom is 0.140 e. The molecule has 1 aliphatic rings. The molecule has 19 heavy (non-hydrogen) atoms. The number of hydrogen-bond donors (Lipinski definition) is 0. The van der Waals surface area contributed by atoms with Gasteiger partial charge in [-0.15, -0.1) is 0 Å². The molecule has 2 aromatic rings. The number of aryl methyl sites for hydroxylation is 1. The molecule has 1 fully saturated rings. The van der Waals surface area contributed by atoms with Gasteiger partial charge in [-0.1, -0.05) is 18.5 Å². The predicted molar refractivity (Wildman–Crippen MR) is 77.0 cm³/mol. The molecule has 0 amide bonds. The Balaban J connectivity index is 2.14. The molecule has 5 heteroatoms. The van der Waals surface area contributed by atoms with Crippen molar-refractivity contribution in [2.45, 2.75) is 13.3 Å². The normalized spacial score (nSPS) is 16.0. The van der Waals surface area contributed by atoms with Crippen molar-refractivity contribution in [2.75, 3.05) is 31.2 Å². The van der Waals surface area contributed by atoms with E-state index < -0.39 is 0 Å². The summed E-state index contributed by atoms with van der Waals surface area (Å²) in [6.07, 6.45) is 0.819. The summed E-state index contributed by atoms with van der Waals surface area (Å²) in [4.78, 5) is 11.5. The maximum absolute atomic E-state index is 6.06. The van der Waals surface area contributed by atoms with E-state index in [0.29, 0.717) is 5.02 Å². The number of ether oxygens (including phenoxy) is 1. The predicted octanol–water partition coefficient (Wildman–Crippen LogP) is 2.68. The number of hydrogen-bond acceptors (Lipinski definition) is 4. The molecular weight excluding hydrogens is 262 g/mol. The molecule has 2 heterocycles. The van der Waals surface area contributed by atoms with Crippen molar-refractivity contribution in [2.24, 2.45) is 0 Å². The van der Waals surface area contributed by atoms with Gasteiger partial charge in [0.15, 0.2) is 0 Å². The highest BCUT2D eigenvalue weighted by molar-refractivity contribution is 6.31. The van der Waals surface area contributed by atoms with Crippen LogP contribution in [0.3, 0.4) is 0 Å². The summed E-state index contributed by atoms with van der Waals surface area (Å²) in [6.45, 7) is 5.31. The molecule has 0 unspecified atom stereocenters. The minimum Gasteiger partial charge on any atom is -0.378 e. The lowest BCUT2D eigenvalue weighted by atomic mass is 10.2. The van der Waals surface area contributed by atoms with Gasteiger partial charge in [0.25, 0.3) is 0 Å². The van der Waals surface area contributed by atoms with E-state index in [2.05, 4.69) is 21.8 Å². The van der Waals surface area contributed by atoms with Gasteiger partial charge < -0.3 is 9.64 Å². The van der Waals surface area contributed by atoms with Gasteiger partial charge in [-0.05, 0) is 18.2 Å². The van der Waals surface area contributed by atoms with Crippen LogP contribution in [-0.4, -0.2) is 36.3 Å². The first-order valence-corrected chi connectivity index (χ1v) is 6.94. The SMILES string of the molecule is CCc1nc(N2CCOCC2)c2ccc(Cl)cc2n1. The molecule has 3 rings (SSSR count). The topological polar surface area (TPSA) is 38.2 Å². The van der Waals surface area contributed by atoms with Crippen molar-refractivity contribution < 1.29 is 4.74 Å². The van der Waals surface area contributed by atoms with E-state index in [0.717, 1.165) is 55.3 Å². The quantitative estimate of drug-likeness (QED) is 0.846. The zero-order valence-corrected chi connectivity index (χ0v) is 11.7. The van der Waals surface area contributed by atoms with Gasteiger partial charge in [-0.25, -0.2) is 9.97 Å². The first-order chi connectivity index (χ1) is 9.28. The van der Waals surface area contributed by atoms with E-state index in [1.807, 2.05) is 18.2 Å². The molecule has 0 radical (unpaired) electrons. The summed E-state index contributed by atoms with van der Waals surface area (Å²) < 4.78 is 5.40. The number of benzene rings is 1. The van der Waals surface area contributed by atoms with Crippen molar-refractivity contribution in [3.63, 3.8) is 0 Å². The van der Waals surface area contributed by atoms with Gasteiger partial charge in [0.1, 0.15) is 11.6 Å². The van der Waals surface area contributed by atoms with E-state index in [1.54, 1.807) is 0 Å². The fourth-order valence-corrected chi connectivity index (χ4v) is 2.47. The fraction of sp³-hybridized carbons (Fsp3) is 0.429. The number of halogens is 1. The van der Waals surface area contributed by atoms with Gasteiger partial charge in [-0.2, -0.15) is 0 Å². The Labute approximate surface area is 117 Å². The van der Waals surface area contributed by atoms with Crippen LogP contribution in [0.5, 0.6) is 0 Å². The lowest BCUT2D eigenvalue weighted by Gasteiger charge is -2.29. The third-order valence-electron chi connectivity index (χ3n) is 3.31. The Morgan fingerprint density at radius 2 is 2.05 bits per heavy atom. The highest BCUT2D eigenvalue weighted by Gasteiger charge is 2.17. The van der Waals surface area contributed by atoms with Crippen molar-refractivity contribution in [3.05, 3.63) is 29.0 Å². The van der Waals surface area contributed by atoms with Crippen LogP contribution in [0.2, 0.25) is 5.02 Å². The Morgan fingerprint density at radius 3 is 2.79 bits per heavy atom. The van der Waals surface area contributed by atoms with E-state index in [4.69, 9.17) is 16.3 Å². The Hall–Kier alpha value is -1.39. The molecule has 0 N–H and O–H groups in total. The summed E-state index contributed by atoms with van der Waals surface area (Å²) in [5, 5.41) is 1.77. The molecule has 0 aliphatic carbocycles. The number of rotatable bonds is 2.